The standard InChI is InChI=1S/C20H20N2/c1-14(2)12-18-19(15-8-4-3-5-9-15)21-20-17-11-7-6-10-16(17)13-22(18)20/h3-11,14H,12-13H2,1-2H3. The van der Waals surface area contributed by atoms with Crippen molar-refractivity contribution >= 4 is 0 Å². The number of rotatable bonds is 3. The summed E-state index contributed by atoms with van der Waals surface area (Å²) >= 11 is 0. The van der Waals surface area contributed by atoms with Crippen molar-refractivity contribution in [2.45, 2.75) is 26.8 Å². The van der Waals surface area contributed by atoms with Crippen LogP contribution in [0.5, 0.6) is 0 Å². The van der Waals surface area contributed by atoms with Gasteiger partial charge in [0.2, 0.25) is 0 Å². The Morgan fingerprint density at radius 2 is 1.73 bits per heavy atom. The molecule has 1 aromatic heterocycles. The number of benzene rings is 2. The second kappa shape index (κ2) is 5.13. The van der Waals surface area contributed by atoms with Gasteiger partial charge in [-0.15, -0.1) is 0 Å². The van der Waals surface area contributed by atoms with E-state index in [1.54, 1.807) is 0 Å². The molecule has 0 saturated carbocycles. The summed E-state index contributed by atoms with van der Waals surface area (Å²) in [5, 5.41) is 0. The average molecular weight is 288 g/mol. The van der Waals surface area contributed by atoms with Crippen molar-refractivity contribution in [1.29, 1.82) is 0 Å². The predicted octanol–water partition coefficient (Wildman–Crippen LogP) is 4.78. The van der Waals surface area contributed by atoms with Gasteiger partial charge in [-0.3, -0.25) is 0 Å². The lowest BCUT2D eigenvalue weighted by Crippen LogP contribution is -2.05. The van der Waals surface area contributed by atoms with Crippen LogP contribution in [-0.4, -0.2) is 9.55 Å². The van der Waals surface area contributed by atoms with Gasteiger partial charge in [-0.2, -0.15) is 0 Å². The Morgan fingerprint density at radius 1 is 1.00 bits per heavy atom. The number of nitrogens with zero attached hydrogens (tertiary/aromatic N) is 2. The van der Waals surface area contributed by atoms with Gasteiger partial charge in [-0.05, 0) is 17.9 Å². The highest BCUT2D eigenvalue weighted by Gasteiger charge is 2.26. The zero-order chi connectivity index (χ0) is 15.1. The molecule has 0 aliphatic carbocycles. The summed E-state index contributed by atoms with van der Waals surface area (Å²) in [7, 11) is 0. The van der Waals surface area contributed by atoms with Gasteiger partial charge in [0.25, 0.3) is 0 Å². The van der Waals surface area contributed by atoms with Crippen molar-refractivity contribution in [2.24, 2.45) is 5.92 Å². The second-order valence-electron chi connectivity index (χ2n) is 6.44. The fourth-order valence-corrected chi connectivity index (χ4v) is 3.33. The highest BCUT2D eigenvalue weighted by atomic mass is 15.1. The van der Waals surface area contributed by atoms with Crippen LogP contribution in [0.4, 0.5) is 0 Å². The number of fused-ring (bicyclic) bond motifs is 3. The van der Waals surface area contributed by atoms with Gasteiger partial charge < -0.3 is 4.57 Å². The summed E-state index contributed by atoms with van der Waals surface area (Å²) in [6.45, 7) is 5.50. The summed E-state index contributed by atoms with van der Waals surface area (Å²) in [5.74, 6) is 1.75. The van der Waals surface area contributed by atoms with E-state index in [9.17, 15) is 0 Å². The van der Waals surface area contributed by atoms with E-state index < -0.39 is 0 Å². The topological polar surface area (TPSA) is 17.8 Å². The van der Waals surface area contributed by atoms with Gasteiger partial charge in [0.1, 0.15) is 5.82 Å². The first-order valence-corrected chi connectivity index (χ1v) is 7.97. The summed E-state index contributed by atoms with van der Waals surface area (Å²) in [6.07, 6.45) is 1.06. The third-order valence-electron chi connectivity index (χ3n) is 4.31. The quantitative estimate of drug-likeness (QED) is 0.530. The average Bonchev–Trinajstić information content (AvgIpc) is 3.05. The van der Waals surface area contributed by atoms with E-state index in [4.69, 9.17) is 4.98 Å². The zero-order valence-corrected chi connectivity index (χ0v) is 13.1. The molecule has 0 amide bonds. The normalized spacial score (nSPS) is 12.5. The highest BCUT2D eigenvalue weighted by molar-refractivity contribution is 5.72. The van der Waals surface area contributed by atoms with Gasteiger partial charge in [0.15, 0.2) is 0 Å². The lowest BCUT2D eigenvalue weighted by molar-refractivity contribution is 0.611. The molecule has 0 saturated heterocycles. The lowest BCUT2D eigenvalue weighted by atomic mass is 10.0. The van der Waals surface area contributed by atoms with Crippen molar-refractivity contribution in [3.63, 3.8) is 0 Å². The predicted molar refractivity (Wildman–Crippen MR) is 90.7 cm³/mol. The molecule has 0 unspecified atom stereocenters. The minimum Gasteiger partial charge on any atom is -0.323 e. The largest absolute Gasteiger partial charge is 0.323 e. The fourth-order valence-electron chi connectivity index (χ4n) is 3.33. The molecule has 1 aliphatic heterocycles. The third-order valence-corrected chi connectivity index (χ3v) is 4.31. The molecule has 1 aliphatic rings. The van der Waals surface area contributed by atoms with E-state index in [1.807, 2.05) is 0 Å². The Hall–Kier alpha value is -2.35. The number of aromatic nitrogens is 2. The molecule has 2 aromatic carbocycles. The minimum atomic E-state index is 0.618. The van der Waals surface area contributed by atoms with E-state index in [2.05, 4.69) is 73.0 Å². The molecule has 0 bridgehead atoms. The van der Waals surface area contributed by atoms with Crippen LogP contribution in [0.3, 0.4) is 0 Å². The Bertz CT molecular complexity index is 813. The van der Waals surface area contributed by atoms with Crippen LogP contribution in [0.15, 0.2) is 54.6 Å². The summed E-state index contributed by atoms with van der Waals surface area (Å²) < 4.78 is 2.41. The summed E-state index contributed by atoms with van der Waals surface area (Å²) in [6, 6.07) is 19.2. The van der Waals surface area contributed by atoms with E-state index in [0.29, 0.717) is 5.92 Å². The Kier molecular flexibility index (Phi) is 3.11. The van der Waals surface area contributed by atoms with E-state index in [-0.39, 0.29) is 0 Å². The maximum absolute atomic E-state index is 5.02. The van der Waals surface area contributed by atoms with Gasteiger partial charge in [0, 0.05) is 16.8 Å². The maximum atomic E-state index is 5.02. The first-order valence-electron chi connectivity index (χ1n) is 7.97. The number of hydrogen-bond acceptors (Lipinski definition) is 1. The minimum absolute atomic E-state index is 0.618. The van der Waals surface area contributed by atoms with Crippen LogP contribution in [0.2, 0.25) is 0 Å². The third kappa shape index (κ3) is 2.07. The van der Waals surface area contributed by atoms with Crippen molar-refractivity contribution in [3.05, 3.63) is 65.9 Å². The van der Waals surface area contributed by atoms with Crippen molar-refractivity contribution in [2.75, 3.05) is 0 Å². The smallest absolute Gasteiger partial charge is 0.141 e. The molecule has 0 spiro atoms. The SMILES string of the molecule is CC(C)Cc1c(-c2ccccc2)nc2n1Cc1ccccc1-2. The first-order chi connectivity index (χ1) is 10.7. The van der Waals surface area contributed by atoms with Crippen LogP contribution >= 0.6 is 0 Å². The Labute approximate surface area is 131 Å². The zero-order valence-electron chi connectivity index (χ0n) is 13.1. The molecule has 3 aromatic rings. The Balaban J connectivity index is 1.91. The molecule has 0 radical (unpaired) electrons. The molecular formula is C20H20N2. The van der Waals surface area contributed by atoms with Crippen LogP contribution in [0.1, 0.15) is 25.1 Å². The second-order valence-corrected chi connectivity index (χ2v) is 6.44. The van der Waals surface area contributed by atoms with E-state index in [1.165, 1.54) is 22.4 Å². The number of imidazole rings is 1. The lowest BCUT2D eigenvalue weighted by Gasteiger charge is -2.10. The van der Waals surface area contributed by atoms with Crippen molar-refractivity contribution < 1.29 is 0 Å². The van der Waals surface area contributed by atoms with Crippen LogP contribution < -0.4 is 0 Å². The van der Waals surface area contributed by atoms with Crippen LogP contribution in [-0.2, 0) is 13.0 Å². The van der Waals surface area contributed by atoms with Gasteiger partial charge in [-0.25, -0.2) is 4.98 Å². The molecule has 4 rings (SSSR count). The van der Waals surface area contributed by atoms with Crippen molar-refractivity contribution in [3.8, 4) is 22.6 Å². The fraction of sp³-hybridized carbons (Fsp3) is 0.250. The molecular weight excluding hydrogens is 268 g/mol. The van der Waals surface area contributed by atoms with Crippen molar-refractivity contribution in [1.82, 2.24) is 9.55 Å². The van der Waals surface area contributed by atoms with Gasteiger partial charge in [-0.1, -0.05) is 68.4 Å². The van der Waals surface area contributed by atoms with Crippen LogP contribution in [0.25, 0.3) is 22.6 Å². The number of hydrogen-bond donors (Lipinski definition) is 0. The molecule has 0 atom stereocenters. The Morgan fingerprint density at radius 3 is 2.50 bits per heavy atom. The molecule has 2 heterocycles. The molecule has 2 heteroatoms. The molecule has 0 fully saturated rings. The summed E-state index contributed by atoms with van der Waals surface area (Å²) in [4.78, 5) is 5.02. The van der Waals surface area contributed by atoms with Crippen LogP contribution in [0, 0.1) is 5.92 Å². The maximum Gasteiger partial charge on any atom is 0.141 e. The van der Waals surface area contributed by atoms with E-state index in [0.717, 1.165) is 24.5 Å². The highest BCUT2D eigenvalue weighted by Crippen LogP contribution is 2.37. The first kappa shape index (κ1) is 13.3. The molecule has 2 nitrogen and oxygen atoms in total. The van der Waals surface area contributed by atoms with E-state index >= 15 is 0 Å². The van der Waals surface area contributed by atoms with Gasteiger partial charge in [0.05, 0.1) is 12.2 Å². The van der Waals surface area contributed by atoms with Gasteiger partial charge >= 0.3 is 0 Å². The monoisotopic (exact) mass is 288 g/mol. The molecule has 22 heavy (non-hydrogen) atoms. The molecule has 110 valence electrons. The summed E-state index contributed by atoms with van der Waals surface area (Å²) in [5.41, 5.74) is 6.41. The molecule has 0 N–H and O–H groups in total.